The molecular formula is C13H18Br2N2O2S. The Morgan fingerprint density at radius 2 is 1.70 bits per heavy atom. The van der Waals surface area contributed by atoms with E-state index in [1.807, 2.05) is 0 Å². The van der Waals surface area contributed by atoms with E-state index in [0.29, 0.717) is 27.1 Å². The lowest BCUT2D eigenvalue weighted by atomic mass is 9.90. The third kappa shape index (κ3) is 3.96. The van der Waals surface area contributed by atoms with E-state index in [0.717, 1.165) is 12.8 Å². The number of nitrogen functional groups attached to an aromatic ring is 1. The first-order valence-electron chi connectivity index (χ1n) is 6.64. The molecular weight excluding hydrogens is 408 g/mol. The van der Waals surface area contributed by atoms with Gasteiger partial charge in [0.1, 0.15) is 4.90 Å². The highest BCUT2D eigenvalue weighted by Gasteiger charge is 2.23. The van der Waals surface area contributed by atoms with Gasteiger partial charge in [-0.3, -0.25) is 0 Å². The largest absolute Gasteiger partial charge is 0.399 e. The van der Waals surface area contributed by atoms with E-state index in [9.17, 15) is 8.42 Å². The molecule has 0 heterocycles. The van der Waals surface area contributed by atoms with Crippen LogP contribution in [0.3, 0.4) is 0 Å². The van der Waals surface area contributed by atoms with E-state index in [-0.39, 0.29) is 4.90 Å². The summed E-state index contributed by atoms with van der Waals surface area (Å²) in [5.41, 5.74) is 6.20. The average molecular weight is 426 g/mol. The van der Waals surface area contributed by atoms with Gasteiger partial charge >= 0.3 is 0 Å². The zero-order valence-electron chi connectivity index (χ0n) is 11.0. The maximum atomic E-state index is 12.4. The van der Waals surface area contributed by atoms with Crippen molar-refractivity contribution in [3.8, 4) is 0 Å². The Kier molecular flexibility index (Phi) is 5.50. The molecule has 7 heteroatoms. The third-order valence-electron chi connectivity index (χ3n) is 3.58. The van der Waals surface area contributed by atoms with Gasteiger partial charge < -0.3 is 5.73 Å². The third-order valence-corrected chi connectivity index (χ3v) is 6.88. The molecule has 20 heavy (non-hydrogen) atoms. The van der Waals surface area contributed by atoms with E-state index in [2.05, 4.69) is 36.6 Å². The molecule has 0 atom stereocenters. The Morgan fingerprint density at radius 3 is 2.25 bits per heavy atom. The summed E-state index contributed by atoms with van der Waals surface area (Å²) in [7, 11) is -3.54. The summed E-state index contributed by atoms with van der Waals surface area (Å²) < 4.78 is 28.5. The van der Waals surface area contributed by atoms with Gasteiger partial charge in [-0.15, -0.1) is 0 Å². The van der Waals surface area contributed by atoms with Gasteiger partial charge in [0.2, 0.25) is 10.0 Å². The molecule has 0 radical (unpaired) electrons. The number of benzene rings is 1. The Bertz CT molecular complexity index is 561. The minimum atomic E-state index is -3.54. The van der Waals surface area contributed by atoms with E-state index in [1.54, 1.807) is 12.1 Å². The minimum absolute atomic E-state index is 0.211. The SMILES string of the molecule is Nc1cc(Br)c(S(=O)(=O)NCC2CCCCC2)c(Br)c1. The molecule has 4 nitrogen and oxygen atoms in total. The average Bonchev–Trinajstić information content (AvgIpc) is 2.36. The zero-order chi connectivity index (χ0) is 14.8. The first-order valence-corrected chi connectivity index (χ1v) is 9.71. The van der Waals surface area contributed by atoms with Crippen molar-refractivity contribution < 1.29 is 8.42 Å². The van der Waals surface area contributed by atoms with Gasteiger partial charge in [-0.2, -0.15) is 0 Å². The fourth-order valence-corrected chi connectivity index (χ4v) is 6.26. The minimum Gasteiger partial charge on any atom is -0.399 e. The Labute approximate surface area is 136 Å². The first kappa shape index (κ1) is 16.3. The lowest BCUT2D eigenvalue weighted by Crippen LogP contribution is -2.30. The van der Waals surface area contributed by atoms with Crippen LogP contribution in [0.15, 0.2) is 26.0 Å². The number of sulfonamides is 1. The van der Waals surface area contributed by atoms with E-state index >= 15 is 0 Å². The van der Waals surface area contributed by atoms with Gasteiger partial charge in [0, 0.05) is 21.2 Å². The highest BCUT2D eigenvalue weighted by Crippen LogP contribution is 2.32. The molecule has 1 aromatic carbocycles. The molecule has 1 aromatic rings. The van der Waals surface area contributed by atoms with Gasteiger partial charge in [-0.25, -0.2) is 13.1 Å². The van der Waals surface area contributed by atoms with Crippen LogP contribution in [0.1, 0.15) is 32.1 Å². The number of halogens is 2. The molecule has 0 aromatic heterocycles. The summed E-state index contributed by atoms with van der Waals surface area (Å²) in [5, 5.41) is 0. The second kappa shape index (κ2) is 6.77. The lowest BCUT2D eigenvalue weighted by Gasteiger charge is -2.22. The van der Waals surface area contributed by atoms with Gasteiger partial charge in [0.15, 0.2) is 0 Å². The number of rotatable bonds is 4. The van der Waals surface area contributed by atoms with Crippen LogP contribution in [0.5, 0.6) is 0 Å². The zero-order valence-corrected chi connectivity index (χ0v) is 15.0. The molecule has 112 valence electrons. The molecule has 0 bridgehead atoms. The van der Waals surface area contributed by atoms with E-state index < -0.39 is 10.0 Å². The van der Waals surface area contributed by atoms with Crippen molar-refractivity contribution in [3.05, 3.63) is 21.1 Å². The van der Waals surface area contributed by atoms with E-state index in [1.165, 1.54) is 19.3 Å². The number of nitrogens with one attached hydrogen (secondary N) is 1. The van der Waals surface area contributed by atoms with Crippen LogP contribution in [0.4, 0.5) is 5.69 Å². The van der Waals surface area contributed by atoms with Crippen LogP contribution >= 0.6 is 31.9 Å². The molecule has 2 rings (SSSR count). The van der Waals surface area contributed by atoms with Crippen molar-refractivity contribution in [1.29, 1.82) is 0 Å². The topological polar surface area (TPSA) is 72.2 Å². The van der Waals surface area contributed by atoms with Gasteiger partial charge in [-0.05, 0) is 62.8 Å². The van der Waals surface area contributed by atoms with Crippen LogP contribution in [-0.2, 0) is 10.0 Å². The predicted octanol–water partition coefficient (Wildman–Crippen LogP) is 3.65. The molecule has 1 fully saturated rings. The van der Waals surface area contributed by atoms with Crippen molar-refractivity contribution >= 4 is 47.6 Å². The molecule has 1 saturated carbocycles. The van der Waals surface area contributed by atoms with Crippen molar-refractivity contribution in [2.75, 3.05) is 12.3 Å². The highest BCUT2D eigenvalue weighted by atomic mass is 79.9. The fourth-order valence-electron chi connectivity index (χ4n) is 2.53. The summed E-state index contributed by atoms with van der Waals surface area (Å²) in [5.74, 6) is 0.449. The fraction of sp³-hybridized carbons (Fsp3) is 0.538. The second-order valence-corrected chi connectivity index (χ2v) is 8.58. The van der Waals surface area contributed by atoms with Crippen LogP contribution in [0.2, 0.25) is 0 Å². The maximum absolute atomic E-state index is 12.4. The van der Waals surface area contributed by atoms with Crippen LogP contribution < -0.4 is 10.5 Å². The number of hydrogen-bond donors (Lipinski definition) is 2. The monoisotopic (exact) mass is 424 g/mol. The smallest absolute Gasteiger partial charge is 0.242 e. The van der Waals surface area contributed by atoms with Crippen LogP contribution in [0, 0.1) is 5.92 Å². The molecule has 0 saturated heterocycles. The van der Waals surface area contributed by atoms with E-state index in [4.69, 9.17) is 5.73 Å². The predicted molar refractivity (Wildman–Crippen MR) is 88.0 cm³/mol. The number of anilines is 1. The Balaban J connectivity index is 2.14. The molecule has 0 spiro atoms. The Morgan fingerprint density at radius 1 is 1.15 bits per heavy atom. The molecule has 1 aliphatic rings. The molecule has 0 unspecified atom stereocenters. The van der Waals surface area contributed by atoms with Crippen molar-refractivity contribution in [2.24, 2.45) is 5.92 Å². The molecule has 0 amide bonds. The van der Waals surface area contributed by atoms with Crippen molar-refractivity contribution in [3.63, 3.8) is 0 Å². The molecule has 3 N–H and O–H groups in total. The lowest BCUT2D eigenvalue weighted by molar-refractivity contribution is 0.357. The van der Waals surface area contributed by atoms with Gasteiger partial charge in [0.25, 0.3) is 0 Å². The van der Waals surface area contributed by atoms with Crippen molar-refractivity contribution in [1.82, 2.24) is 4.72 Å². The molecule has 0 aliphatic heterocycles. The maximum Gasteiger partial charge on any atom is 0.242 e. The van der Waals surface area contributed by atoms with Gasteiger partial charge in [0.05, 0.1) is 0 Å². The normalized spacial score (nSPS) is 17.3. The van der Waals surface area contributed by atoms with Crippen molar-refractivity contribution in [2.45, 2.75) is 37.0 Å². The summed E-state index contributed by atoms with van der Waals surface area (Å²) in [6.45, 7) is 0.506. The molecule has 1 aliphatic carbocycles. The quantitative estimate of drug-likeness (QED) is 0.723. The first-order chi connectivity index (χ1) is 9.40. The number of hydrogen-bond acceptors (Lipinski definition) is 3. The standard InChI is InChI=1S/C13H18Br2N2O2S/c14-11-6-10(16)7-12(15)13(11)20(18,19)17-8-9-4-2-1-3-5-9/h6-7,9,17H,1-5,8,16H2. The van der Waals surface area contributed by atoms with Gasteiger partial charge in [-0.1, -0.05) is 19.3 Å². The summed E-state index contributed by atoms with van der Waals surface area (Å²) in [6.07, 6.45) is 5.86. The summed E-state index contributed by atoms with van der Waals surface area (Å²) in [6, 6.07) is 3.19. The van der Waals surface area contributed by atoms with Crippen LogP contribution in [-0.4, -0.2) is 15.0 Å². The van der Waals surface area contributed by atoms with Crippen LogP contribution in [0.25, 0.3) is 0 Å². The Hall–Kier alpha value is -0.110. The highest BCUT2D eigenvalue weighted by molar-refractivity contribution is 9.11. The summed E-state index contributed by atoms with van der Waals surface area (Å²) >= 11 is 6.54. The second-order valence-electron chi connectivity index (χ2n) is 5.17. The summed E-state index contributed by atoms with van der Waals surface area (Å²) in [4.78, 5) is 0.211. The number of nitrogens with two attached hydrogens (primary N) is 1.